The van der Waals surface area contributed by atoms with Gasteiger partial charge in [-0.05, 0) is 68.0 Å². The Morgan fingerprint density at radius 2 is 1.72 bits per heavy atom. The number of unbranched alkanes of at least 4 members (excludes halogenated alkanes) is 2. The fourth-order valence-electron chi connectivity index (χ4n) is 3.84. The number of hydrogen-bond acceptors (Lipinski definition) is 4. The van der Waals surface area contributed by atoms with E-state index in [0.717, 1.165) is 40.7 Å². The van der Waals surface area contributed by atoms with Crippen molar-refractivity contribution in [2.45, 2.75) is 58.8 Å². The Hall–Kier alpha value is -2.89. The SMILES string of the molecule is Cc1c(C)c(/C=N\O)c(C)c(C(CCCCCC(=O)O)c2ccc(F)cc2)c1O. The van der Waals surface area contributed by atoms with Crippen LogP contribution in [0.3, 0.4) is 0 Å². The van der Waals surface area contributed by atoms with Gasteiger partial charge in [0, 0.05) is 23.5 Å². The van der Waals surface area contributed by atoms with E-state index < -0.39 is 5.97 Å². The summed E-state index contributed by atoms with van der Waals surface area (Å²) in [4.78, 5) is 10.7. The van der Waals surface area contributed by atoms with Crippen molar-refractivity contribution in [1.29, 1.82) is 0 Å². The van der Waals surface area contributed by atoms with Crippen LogP contribution in [-0.4, -0.2) is 27.6 Å². The highest BCUT2D eigenvalue weighted by Gasteiger charge is 2.24. The van der Waals surface area contributed by atoms with Crippen molar-refractivity contribution in [1.82, 2.24) is 0 Å². The summed E-state index contributed by atoms with van der Waals surface area (Å²) in [5, 5.41) is 32.0. The van der Waals surface area contributed by atoms with E-state index in [1.54, 1.807) is 12.1 Å². The van der Waals surface area contributed by atoms with Crippen molar-refractivity contribution in [2.24, 2.45) is 5.16 Å². The van der Waals surface area contributed by atoms with E-state index in [0.29, 0.717) is 18.4 Å². The molecule has 29 heavy (non-hydrogen) atoms. The lowest BCUT2D eigenvalue weighted by Crippen LogP contribution is -2.09. The Labute approximate surface area is 170 Å². The van der Waals surface area contributed by atoms with Gasteiger partial charge >= 0.3 is 5.97 Å². The van der Waals surface area contributed by atoms with Gasteiger partial charge in [0.2, 0.25) is 0 Å². The van der Waals surface area contributed by atoms with Crippen LogP contribution in [0.1, 0.15) is 71.4 Å². The van der Waals surface area contributed by atoms with Crippen molar-refractivity contribution in [3.8, 4) is 5.75 Å². The van der Waals surface area contributed by atoms with Gasteiger partial charge in [-0.25, -0.2) is 4.39 Å². The van der Waals surface area contributed by atoms with Crippen LogP contribution in [0.2, 0.25) is 0 Å². The van der Waals surface area contributed by atoms with Crippen LogP contribution in [0, 0.1) is 26.6 Å². The van der Waals surface area contributed by atoms with Crippen molar-refractivity contribution >= 4 is 12.2 Å². The fraction of sp³-hybridized carbons (Fsp3) is 0.391. The Bertz CT molecular complexity index is 891. The zero-order valence-electron chi connectivity index (χ0n) is 17.1. The summed E-state index contributed by atoms with van der Waals surface area (Å²) in [6.07, 6.45) is 4.29. The molecule has 5 nitrogen and oxygen atoms in total. The van der Waals surface area contributed by atoms with E-state index in [9.17, 15) is 14.3 Å². The molecule has 0 heterocycles. The van der Waals surface area contributed by atoms with Crippen LogP contribution in [0.15, 0.2) is 29.4 Å². The number of benzene rings is 2. The van der Waals surface area contributed by atoms with Crippen LogP contribution in [0.25, 0.3) is 0 Å². The summed E-state index contributed by atoms with van der Waals surface area (Å²) in [5.41, 5.74) is 4.70. The third kappa shape index (κ3) is 5.34. The molecular formula is C23H28FNO4. The number of phenols is 1. The summed E-state index contributed by atoms with van der Waals surface area (Å²) in [6.45, 7) is 5.55. The molecule has 0 spiro atoms. The standard InChI is InChI=1S/C23H28FNO4/c1-14-15(2)23(28)22(16(3)20(14)13-25-29)19(7-5-4-6-8-21(26)27)17-9-11-18(24)12-10-17/h9-13,19,28-29H,4-8H2,1-3H3,(H,26,27)/b25-13-. The van der Waals surface area contributed by atoms with Crippen LogP contribution in [0.5, 0.6) is 5.75 Å². The van der Waals surface area contributed by atoms with Crippen molar-refractivity contribution < 1.29 is 24.6 Å². The summed E-state index contributed by atoms with van der Waals surface area (Å²) in [6, 6.07) is 6.23. The molecule has 0 aliphatic heterocycles. The number of phenolic OH excluding ortho intramolecular Hbond substituents is 1. The first-order valence-electron chi connectivity index (χ1n) is 9.75. The smallest absolute Gasteiger partial charge is 0.303 e. The Balaban J connectivity index is 2.47. The van der Waals surface area contributed by atoms with E-state index in [-0.39, 0.29) is 23.9 Å². The number of carboxylic acid groups (broad SMARTS) is 1. The lowest BCUT2D eigenvalue weighted by Gasteiger charge is -2.25. The molecule has 2 rings (SSSR count). The van der Waals surface area contributed by atoms with E-state index >= 15 is 0 Å². The number of aliphatic carboxylic acids is 1. The number of halogens is 1. The molecule has 3 N–H and O–H groups in total. The largest absolute Gasteiger partial charge is 0.507 e. The van der Waals surface area contributed by atoms with Gasteiger partial charge in [0.1, 0.15) is 11.6 Å². The monoisotopic (exact) mass is 401 g/mol. The predicted molar refractivity (Wildman–Crippen MR) is 111 cm³/mol. The molecule has 0 aliphatic carbocycles. The number of nitrogens with zero attached hydrogens (tertiary/aromatic N) is 1. The number of rotatable bonds is 9. The maximum absolute atomic E-state index is 13.5. The highest BCUT2D eigenvalue weighted by atomic mass is 19.1. The topological polar surface area (TPSA) is 90.1 Å². The molecule has 0 saturated heterocycles. The summed E-state index contributed by atoms with van der Waals surface area (Å²) in [7, 11) is 0. The molecule has 0 bridgehead atoms. The van der Waals surface area contributed by atoms with Crippen LogP contribution >= 0.6 is 0 Å². The van der Waals surface area contributed by atoms with Gasteiger partial charge in [-0.2, -0.15) is 0 Å². The number of carboxylic acids is 1. The van der Waals surface area contributed by atoms with Crippen molar-refractivity contribution in [2.75, 3.05) is 0 Å². The van der Waals surface area contributed by atoms with Gasteiger partial charge in [-0.15, -0.1) is 0 Å². The number of oxime groups is 1. The maximum Gasteiger partial charge on any atom is 0.303 e. The third-order valence-electron chi connectivity index (χ3n) is 5.58. The minimum absolute atomic E-state index is 0.131. The molecule has 0 aromatic heterocycles. The van der Waals surface area contributed by atoms with E-state index in [4.69, 9.17) is 10.3 Å². The van der Waals surface area contributed by atoms with Crippen LogP contribution in [-0.2, 0) is 4.79 Å². The van der Waals surface area contributed by atoms with Gasteiger partial charge < -0.3 is 15.4 Å². The first-order chi connectivity index (χ1) is 13.8. The van der Waals surface area contributed by atoms with Crippen molar-refractivity contribution in [3.05, 3.63) is 63.5 Å². The summed E-state index contributed by atoms with van der Waals surface area (Å²) in [5.74, 6) is -1.14. The van der Waals surface area contributed by atoms with Gasteiger partial charge in [-0.1, -0.05) is 30.1 Å². The van der Waals surface area contributed by atoms with E-state index in [1.807, 2.05) is 20.8 Å². The molecule has 0 aliphatic rings. The van der Waals surface area contributed by atoms with E-state index in [2.05, 4.69) is 5.16 Å². The van der Waals surface area contributed by atoms with Crippen LogP contribution < -0.4 is 0 Å². The Kier molecular flexibility index (Phi) is 7.76. The highest BCUT2D eigenvalue weighted by molar-refractivity contribution is 5.86. The first kappa shape index (κ1) is 22.4. The highest BCUT2D eigenvalue weighted by Crippen LogP contribution is 2.41. The maximum atomic E-state index is 13.5. The molecule has 0 fully saturated rings. The molecule has 0 amide bonds. The Morgan fingerprint density at radius 3 is 2.31 bits per heavy atom. The minimum atomic E-state index is -0.810. The summed E-state index contributed by atoms with van der Waals surface area (Å²) >= 11 is 0. The zero-order chi connectivity index (χ0) is 21.6. The second-order valence-corrected chi connectivity index (χ2v) is 7.39. The van der Waals surface area contributed by atoms with Crippen molar-refractivity contribution in [3.63, 3.8) is 0 Å². The number of hydrogen-bond donors (Lipinski definition) is 3. The molecule has 2 aromatic carbocycles. The van der Waals surface area contributed by atoms with Crippen LogP contribution in [0.4, 0.5) is 4.39 Å². The normalized spacial score (nSPS) is 12.4. The fourth-order valence-corrected chi connectivity index (χ4v) is 3.84. The molecule has 1 unspecified atom stereocenters. The van der Waals surface area contributed by atoms with Gasteiger partial charge in [0.05, 0.1) is 6.21 Å². The van der Waals surface area contributed by atoms with E-state index in [1.165, 1.54) is 18.3 Å². The van der Waals surface area contributed by atoms with Gasteiger partial charge in [0.15, 0.2) is 0 Å². The molecule has 6 heteroatoms. The number of carbonyl (C=O) groups is 1. The quantitative estimate of drug-likeness (QED) is 0.226. The number of aromatic hydroxyl groups is 1. The second-order valence-electron chi connectivity index (χ2n) is 7.39. The van der Waals surface area contributed by atoms with Gasteiger partial charge in [-0.3, -0.25) is 4.79 Å². The lowest BCUT2D eigenvalue weighted by atomic mass is 9.80. The Morgan fingerprint density at radius 1 is 1.07 bits per heavy atom. The summed E-state index contributed by atoms with van der Waals surface area (Å²) < 4.78 is 13.5. The molecule has 1 atom stereocenters. The zero-order valence-corrected chi connectivity index (χ0v) is 17.1. The average Bonchev–Trinajstić information content (AvgIpc) is 2.68. The molecule has 156 valence electrons. The average molecular weight is 401 g/mol. The lowest BCUT2D eigenvalue weighted by molar-refractivity contribution is -0.137. The molecule has 0 radical (unpaired) electrons. The molecular weight excluding hydrogens is 373 g/mol. The molecule has 2 aromatic rings. The first-order valence-corrected chi connectivity index (χ1v) is 9.75. The molecule has 0 saturated carbocycles. The van der Waals surface area contributed by atoms with Gasteiger partial charge in [0.25, 0.3) is 0 Å². The second kappa shape index (κ2) is 10.0. The predicted octanol–water partition coefficient (Wildman–Crippen LogP) is 5.43. The minimum Gasteiger partial charge on any atom is -0.507 e. The third-order valence-corrected chi connectivity index (χ3v) is 5.58.